The lowest BCUT2D eigenvalue weighted by molar-refractivity contribution is 0.272. The van der Waals surface area contributed by atoms with Crippen molar-refractivity contribution in [2.24, 2.45) is 4.99 Å². The van der Waals surface area contributed by atoms with Crippen LogP contribution in [0.4, 0.5) is 4.39 Å². The summed E-state index contributed by atoms with van der Waals surface area (Å²) in [6.45, 7) is 4.29. The van der Waals surface area contributed by atoms with Gasteiger partial charge in [-0.05, 0) is 24.3 Å². The first-order valence-corrected chi connectivity index (χ1v) is 5.27. The predicted molar refractivity (Wildman–Crippen MR) is 60.7 cm³/mol. The normalized spacial score (nSPS) is 19.6. The van der Waals surface area contributed by atoms with E-state index in [1.54, 1.807) is 12.1 Å². The molecule has 4 heteroatoms. The highest BCUT2D eigenvalue weighted by molar-refractivity contribution is 9.11. The molecule has 1 aliphatic rings. The minimum atomic E-state index is -0.265. The van der Waals surface area contributed by atoms with Crippen LogP contribution in [-0.4, -0.2) is 18.5 Å². The molecule has 78 valence electrons. The molecule has 0 saturated carbocycles. The van der Waals surface area contributed by atoms with E-state index in [9.17, 15) is 4.39 Å². The maximum Gasteiger partial charge on any atom is 0.216 e. The van der Waals surface area contributed by atoms with E-state index in [4.69, 9.17) is 4.74 Å². The molecule has 0 unspecified atom stereocenters. The second kappa shape index (κ2) is 4.14. The van der Waals surface area contributed by atoms with E-state index in [1.807, 2.05) is 0 Å². The lowest BCUT2D eigenvalue weighted by Gasteiger charge is -2.09. The van der Waals surface area contributed by atoms with Crippen LogP contribution in [0.5, 0.6) is 0 Å². The number of ether oxygens (including phenoxy) is 1. The van der Waals surface area contributed by atoms with Crippen molar-refractivity contribution in [3.8, 4) is 0 Å². The standard InChI is InChI=1S/C11H9BrFNO/c1-7(12)10-6-14-11(15-10)8-2-4-9(13)5-3-8/h2-5,10H,1,6H2/t10-/m0/s1. The van der Waals surface area contributed by atoms with Crippen LogP contribution in [0.2, 0.25) is 0 Å². The SMILES string of the molecule is C=C(Br)[C@@H]1CN=C(c2ccc(F)cc2)O1. The van der Waals surface area contributed by atoms with Crippen molar-refractivity contribution in [1.82, 2.24) is 0 Å². The first-order valence-electron chi connectivity index (χ1n) is 4.48. The van der Waals surface area contributed by atoms with Gasteiger partial charge in [0, 0.05) is 10.0 Å². The van der Waals surface area contributed by atoms with Gasteiger partial charge in [0.05, 0.1) is 6.54 Å². The van der Waals surface area contributed by atoms with E-state index in [0.29, 0.717) is 12.4 Å². The van der Waals surface area contributed by atoms with E-state index in [1.165, 1.54) is 12.1 Å². The minimum absolute atomic E-state index is 0.120. The highest BCUT2D eigenvalue weighted by Gasteiger charge is 2.22. The van der Waals surface area contributed by atoms with Gasteiger partial charge in [0.15, 0.2) is 6.10 Å². The van der Waals surface area contributed by atoms with Crippen molar-refractivity contribution in [3.63, 3.8) is 0 Å². The van der Waals surface area contributed by atoms with Gasteiger partial charge in [0.25, 0.3) is 0 Å². The predicted octanol–water partition coefficient (Wildman–Crippen LogP) is 2.88. The summed E-state index contributed by atoms with van der Waals surface area (Å²) in [6.07, 6.45) is -0.120. The number of hydrogen-bond acceptors (Lipinski definition) is 2. The lowest BCUT2D eigenvalue weighted by atomic mass is 10.2. The number of benzene rings is 1. The van der Waals surface area contributed by atoms with Gasteiger partial charge in [0.2, 0.25) is 5.90 Å². The molecule has 1 heterocycles. The van der Waals surface area contributed by atoms with Gasteiger partial charge in [0.1, 0.15) is 5.82 Å². The number of nitrogens with zero attached hydrogens (tertiary/aromatic N) is 1. The molecule has 1 aromatic rings. The molecule has 0 amide bonds. The molecule has 1 aromatic carbocycles. The maximum atomic E-state index is 12.7. The number of halogens is 2. The highest BCUT2D eigenvalue weighted by Crippen LogP contribution is 2.20. The van der Waals surface area contributed by atoms with Crippen molar-refractivity contribution in [2.45, 2.75) is 6.10 Å². The quantitative estimate of drug-likeness (QED) is 0.809. The monoisotopic (exact) mass is 269 g/mol. The molecule has 0 spiro atoms. The van der Waals surface area contributed by atoms with Gasteiger partial charge in [-0.2, -0.15) is 0 Å². The molecule has 0 aromatic heterocycles. The molecule has 0 fully saturated rings. The fraction of sp³-hybridized carbons (Fsp3) is 0.182. The largest absolute Gasteiger partial charge is 0.467 e. The van der Waals surface area contributed by atoms with Crippen LogP contribution < -0.4 is 0 Å². The molecule has 1 aliphatic heterocycles. The van der Waals surface area contributed by atoms with E-state index >= 15 is 0 Å². The Labute approximate surface area is 95.6 Å². The molecule has 0 saturated heterocycles. The van der Waals surface area contributed by atoms with E-state index in [0.717, 1.165) is 10.0 Å². The second-order valence-electron chi connectivity index (χ2n) is 3.21. The van der Waals surface area contributed by atoms with Crippen LogP contribution in [0.25, 0.3) is 0 Å². The van der Waals surface area contributed by atoms with Crippen LogP contribution in [0.1, 0.15) is 5.56 Å². The zero-order chi connectivity index (χ0) is 10.8. The van der Waals surface area contributed by atoms with Crippen LogP contribution >= 0.6 is 15.9 Å². The van der Waals surface area contributed by atoms with Crippen LogP contribution in [0.15, 0.2) is 40.3 Å². The molecule has 0 aliphatic carbocycles. The summed E-state index contributed by atoms with van der Waals surface area (Å²) in [7, 11) is 0. The third kappa shape index (κ3) is 2.26. The summed E-state index contributed by atoms with van der Waals surface area (Å²) in [5.41, 5.74) is 0.785. The summed E-state index contributed by atoms with van der Waals surface area (Å²) in [5, 5.41) is 0. The molecule has 2 rings (SSSR count). The molecule has 0 N–H and O–H groups in total. The van der Waals surface area contributed by atoms with Crippen molar-refractivity contribution < 1.29 is 9.13 Å². The molecule has 0 bridgehead atoms. The summed E-state index contributed by atoms with van der Waals surface area (Å²) in [6, 6.07) is 6.07. The Morgan fingerprint density at radius 2 is 2.13 bits per heavy atom. The van der Waals surface area contributed by atoms with Crippen LogP contribution in [0.3, 0.4) is 0 Å². The molecule has 1 atom stereocenters. The third-order valence-electron chi connectivity index (χ3n) is 2.10. The first-order chi connectivity index (χ1) is 7.16. The summed E-state index contributed by atoms with van der Waals surface area (Å²) in [4.78, 5) is 4.22. The third-order valence-corrected chi connectivity index (χ3v) is 2.61. The van der Waals surface area contributed by atoms with Gasteiger partial charge >= 0.3 is 0 Å². The minimum Gasteiger partial charge on any atom is -0.467 e. The average molecular weight is 270 g/mol. The van der Waals surface area contributed by atoms with E-state index in [2.05, 4.69) is 27.5 Å². The maximum absolute atomic E-state index is 12.7. The first kappa shape index (κ1) is 10.4. The van der Waals surface area contributed by atoms with Gasteiger partial charge in [-0.1, -0.05) is 22.5 Å². The van der Waals surface area contributed by atoms with Gasteiger partial charge in [-0.3, -0.25) is 0 Å². The Bertz CT molecular complexity index is 413. The summed E-state index contributed by atoms with van der Waals surface area (Å²) < 4.78 is 19.0. The molecular formula is C11H9BrFNO. The lowest BCUT2D eigenvalue weighted by Crippen LogP contribution is -2.12. The fourth-order valence-electron chi connectivity index (χ4n) is 1.29. The second-order valence-corrected chi connectivity index (χ2v) is 4.22. The van der Waals surface area contributed by atoms with E-state index in [-0.39, 0.29) is 11.9 Å². The highest BCUT2D eigenvalue weighted by atomic mass is 79.9. The smallest absolute Gasteiger partial charge is 0.216 e. The molecule has 0 radical (unpaired) electrons. The topological polar surface area (TPSA) is 21.6 Å². The fourth-order valence-corrected chi connectivity index (χ4v) is 1.53. The van der Waals surface area contributed by atoms with Crippen LogP contribution in [0, 0.1) is 5.82 Å². The zero-order valence-electron chi connectivity index (χ0n) is 7.91. The Morgan fingerprint density at radius 3 is 2.67 bits per heavy atom. The van der Waals surface area contributed by atoms with Crippen molar-refractivity contribution in [3.05, 3.63) is 46.7 Å². The average Bonchev–Trinajstić information content (AvgIpc) is 2.68. The zero-order valence-corrected chi connectivity index (χ0v) is 9.50. The Morgan fingerprint density at radius 1 is 1.47 bits per heavy atom. The van der Waals surface area contributed by atoms with Crippen molar-refractivity contribution in [2.75, 3.05) is 6.54 Å². The van der Waals surface area contributed by atoms with Gasteiger partial charge < -0.3 is 4.74 Å². The molecule has 2 nitrogen and oxygen atoms in total. The number of hydrogen-bond donors (Lipinski definition) is 0. The Hall–Kier alpha value is -1.16. The Balaban J connectivity index is 2.14. The molecular weight excluding hydrogens is 261 g/mol. The molecule has 15 heavy (non-hydrogen) atoms. The number of aliphatic imine (C=N–C) groups is 1. The van der Waals surface area contributed by atoms with E-state index < -0.39 is 0 Å². The van der Waals surface area contributed by atoms with Crippen LogP contribution in [-0.2, 0) is 4.74 Å². The van der Waals surface area contributed by atoms with Gasteiger partial charge in [-0.25, -0.2) is 9.38 Å². The van der Waals surface area contributed by atoms with Crippen molar-refractivity contribution in [1.29, 1.82) is 0 Å². The van der Waals surface area contributed by atoms with Gasteiger partial charge in [-0.15, -0.1) is 0 Å². The summed E-state index contributed by atoms with van der Waals surface area (Å²) in [5.74, 6) is 0.277. The Kier molecular flexibility index (Phi) is 2.86. The number of rotatable bonds is 2. The summed E-state index contributed by atoms with van der Waals surface area (Å²) >= 11 is 3.26. The van der Waals surface area contributed by atoms with Crippen molar-refractivity contribution >= 4 is 21.8 Å².